The zero-order chi connectivity index (χ0) is 14.4. The molecule has 1 saturated heterocycles. The second-order valence-corrected chi connectivity index (χ2v) is 6.64. The van der Waals surface area contributed by atoms with Crippen molar-refractivity contribution in [2.24, 2.45) is 17.6 Å². The van der Waals surface area contributed by atoms with Crippen molar-refractivity contribution in [3.63, 3.8) is 0 Å². The van der Waals surface area contributed by atoms with Crippen LogP contribution in [0.2, 0.25) is 0 Å². The van der Waals surface area contributed by atoms with Crippen molar-refractivity contribution in [2.75, 3.05) is 19.7 Å². The highest BCUT2D eigenvalue weighted by atomic mass is 35.5. The van der Waals surface area contributed by atoms with Crippen molar-refractivity contribution < 1.29 is 9.53 Å². The monoisotopic (exact) mass is 322 g/mol. The molecule has 2 aliphatic heterocycles. The number of ether oxygens (including phenoxy) is 1. The first-order valence-corrected chi connectivity index (χ1v) is 8.00. The number of amides is 1. The first kappa shape index (κ1) is 15.6. The number of carbonyl (C=O) groups excluding carboxylic acids is 1. The highest BCUT2D eigenvalue weighted by Crippen LogP contribution is 2.40. The third kappa shape index (κ3) is 2.48. The maximum atomic E-state index is 12.9. The number of benzene rings is 1. The lowest BCUT2D eigenvalue weighted by Gasteiger charge is -2.29. The Balaban J connectivity index is 0.00000144. The van der Waals surface area contributed by atoms with Crippen LogP contribution in [0.1, 0.15) is 30.7 Å². The van der Waals surface area contributed by atoms with Crippen molar-refractivity contribution in [1.29, 1.82) is 0 Å². The van der Waals surface area contributed by atoms with Gasteiger partial charge in [0.25, 0.3) is 0 Å². The van der Waals surface area contributed by atoms with E-state index in [1.807, 2.05) is 24.3 Å². The van der Waals surface area contributed by atoms with Crippen molar-refractivity contribution in [1.82, 2.24) is 4.90 Å². The Hall–Kier alpha value is -1.26. The first-order valence-electron chi connectivity index (χ1n) is 8.00. The Morgan fingerprint density at radius 1 is 1.18 bits per heavy atom. The summed E-state index contributed by atoms with van der Waals surface area (Å²) >= 11 is 0. The van der Waals surface area contributed by atoms with Gasteiger partial charge in [-0.2, -0.15) is 0 Å². The number of halogens is 1. The maximum absolute atomic E-state index is 12.9. The Morgan fingerprint density at radius 3 is 2.82 bits per heavy atom. The van der Waals surface area contributed by atoms with Gasteiger partial charge in [0.1, 0.15) is 5.75 Å². The minimum atomic E-state index is -0.0370. The fraction of sp³-hybridized carbons (Fsp3) is 0.588. The molecule has 1 aliphatic carbocycles. The van der Waals surface area contributed by atoms with Gasteiger partial charge >= 0.3 is 0 Å². The number of rotatable bonds is 1. The molecule has 0 bridgehead atoms. The van der Waals surface area contributed by atoms with Crippen LogP contribution in [0.5, 0.6) is 5.75 Å². The summed E-state index contributed by atoms with van der Waals surface area (Å²) in [7, 11) is 0. The van der Waals surface area contributed by atoms with E-state index in [4.69, 9.17) is 10.5 Å². The van der Waals surface area contributed by atoms with Gasteiger partial charge in [0, 0.05) is 24.7 Å². The largest absolute Gasteiger partial charge is 0.493 e. The Bertz CT molecular complexity index is 565. The molecule has 2 fully saturated rings. The van der Waals surface area contributed by atoms with Gasteiger partial charge in [0.05, 0.1) is 12.5 Å². The van der Waals surface area contributed by atoms with E-state index in [0.717, 1.165) is 37.2 Å². The van der Waals surface area contributed by atoms with E-state index in [1.54, 1.807) is 0 Å². The summed E-state index contributed by atoms with van der Waals surface area (Å²) in [6, 6.07) is 8.23. The van der Waals surface area contributed by atoms with Gasteiger partial charge in [0.2, 0.25) is 5.91 Å². The molecule has 4 rings (SSSR count). The maximum Gasteiger partial charge on any atom is 0.230 e. The standard InChI is InChI=1S/C17H22N2O2.ClH/c18-15-6-5-11-9-19(10-14(11)15)17(20)13-7-8-21-16-4-2-1-3-12(13)16;/h1-4,11,13-15H,5-10,18H2;1H. The molecule has 1 aromatic carbocycles. The van der Waals surface area contributed by atoms with Crippen LogP contribution in [-0.4, -0.2) is 36.5 Å². The van der Waals surface area contributed by atoms with E-state index in [-0.39, 0.29) is 30.3 Å². The van der Waals surface area contributed by atoms with Crippen LogP contribution >= 0.6 is 12.4 Å². The third-order valence-electron chi connectivity index (χ3n) is 5.48. The molecule has 2 N–H and O–H groups in total. The van der Waals surface area contributed by atoms with E-state index in [2.05, 4.69) is 4.90 Å². The van der Waals surface area contributed by atoms with Gasteiger partial charge < -0.3 is 15.4 Å². The Morgan fingerprint density at radius 2 is 2.00 bits per heavy atom. The highest BCUT2D eigenvalue weighted by molar-refractivity contribution is 5.85. The number of likely N-dealkylation sites (tertiary alicyclic amines) is 1. The molecule has 1 saturated carbocycles. The number of para-hydroxylation sites is 1. The number of hydrogen-bond donors (Lipinski definition) is 1. The van der Waals surface area contributed by atoms with Crippen LogP contribution < -0.4 is 10.5 Å². The van der Waals surface area contributed by atoms with E-state index in [1.165, 1.54) is 6.42 Å². The van der Waals surface area contributed by atoms with Gasteiger partial charge in [-0.1, -0.05) is 18.2 Å². The van der Waals surface area contributed by atoms with E-state index < -0.39 is 0 Å². The number of nitrogens with zero attached hydrogens (tertiary/aromatic N) is 1. The second kappa shape index (κ2) is 6.09. The van der Waals surface area contributed by atoms with Crippen molar-refractivity contribution in [2.45, 2.75) is 31.2 Å². The SMILES string of the molecule is Cl.NC1CCC2CN(C(=O)C3CCOc4ccccc43)CC12. The molecule has 4 nitrogen and oxygen atoms in total. The van der Waals surface area contributed by atoms with E-state index in [0.29, 0.717) is 18.4 Å². The van der Waals surface area contributed by atoms with Crippen molar-refractivity contribution in [3.05, 3.63) is 29.8 Å². The molecule has 1 amide bonds. The molecular weight excluding hydrogens is 300 g/mol. The van der Waals surface area contributed by atoms with Gasteiger partial charge in [0.15, 0.2) is 0 Å². The topological polar surface area (TPSA) is 55.6 Å². The zero-order valence-corrected chi connectivity index (χ0v) is 13.4. The van der Waals surface area contributed by atoms with Crippen molar-refractivity contribution >= 4 is 18.3 Å². The fourth-order valence-corrected chi connectivity index (χ4v) is 4.31. The predicted molar refractivity (Wildman–Crippen MR) is 87.3 cm³/mol. The summed E-state index contributed by atoms with van der Waals surface area (Å²) in [5.41, 5.74) is 7.23. The minimum Gasteiger partial charge on any atom is -0.493 e. The Kier molecular flexibility index (Phi) is 4.33. The molecule has 4 atom stereocenters. The summed E-state index contributed by atoms with van der Waals surface area (Å²) in [4.78, 5) is 15.0. The van der Waals surface area contributed by atoms with Gasteiger partial charge in [-0.25, -0.2) is 0 Å². The van der Waals surface area contributed by atoms with Crippen molar-refractivity contribution in [3.8, 4) is 5.75 Å². The van der Waals surface area contributed by atoms with E-state index >= 15 is 0 Å². The average Bonchev–Trinajstić information content (AvgIpc) is 3.08. The molecule has 0 spiro atoms. The molecule has 1 aromatic rings. The quantitative estimate of drug-likeness (QED) is 0.862. The van der Waals surface area contributed by atoms with Crippen LogP contribution in [-0.2, 0) is 4.79 Å². The normalized spacial score (nSPS) is 32.7. The number of hydrogen-bond acceptors (Lipinski definition) is 3. The fourth-order valence-electron chi connectivity index (χ4n) is 4.31. The Labute approximate surface area is 137 Å². The lowest BCUT2D eigenvalue weighted by molar-refractivity contribution is -0.132. The van der Waals surface area contributed by atoms with Gasteiger partial charge in [-0.3, -0.25) is 4.79 Å². The van der Waals surface area contributed by atoms with Crippen LogP contribution in [0.4, 0.5) is 0 Å². The van der Waals surface area contributed by atoms with Crippen LogP contribution in [0, 0.1) is 11.8 Å². The van der Waals surface area contributed by atoms with E-state index in [9.17, 15) is 4.79 Å². The summed E-state index contributed by atoms with van der Waals surface area (Å²) in [5.74, 6) is 2.25. The molecule has 5 heteroatoms. The summed E-state index contributed by atoms with van der Waals surface area (Å²) in [5, 5.41) is 0. The van der Waals surface area contributed by atoms with Crippen LogP contribution in [0.15, 0.2) is 24.3 Å². The first-order chi connectivity index (χ1) is 10.2. The van der Waals surface area contributed by atoms with Gasteiger partial charge in [-0.05, 0) is 37.2 Å². The molecule has 2 heterocycles. The molecule has 0 aromatic heterocycles. The molecule has 22 heavy (non-hydrogen) atoms. The minimum absolute atomic E-state index is 0. The highest BCUT2D eigenvalue weighted by Gasteiger charge is 2.44. The number of nitrogens with two attached hydrogens (primary N) is 1. The predicted octanol–water partition coefficient (Wildman–Crippen LogP) is 2.17. The summed E-state index contributed by atoms with van der Waals surface area (Å²) < 4.78 is 5.67. The molecule has 0 radical (unpaired) electrons. The number of fused-ring (bicyclic) bond motifs is 2. The van der Waals surface area contributed by atoms with Crippen LogP contribution in [0.25, 0.3) is 0 Å². The lowest BCUT2D eigenvalue weighted by atomic mass is 9.92. The summed E-state index contributed by atoms with van der Waals surface area (Å²) in [6.07, 6.45) is 3.09. The number of carbonyl (C=O) groups is 1. The van der Waals surface area contributed by atoms with Crippen LogP contribution in [0.3, 0.4) is 0 Å². The zero-order valence-electron chi connectivity index (χ0n) is 12.6. The smallest absolute Gasteiger partial charge is 0.230 e. The lowest BCUT2D eigenvalue weighted by Crippen LogP contribution is -2.37. The average molecular weight is 323 g/mol. The van der Waals surface area contributed by atoms with Gasteiger partial charge in [-0.15, -0.1) is 12.4 Å². The summed E-state index contributed by atoms with van der Waals surface area (Å²) in [6.45, 7) is 2.38. The molecular formula is C17H23ClN2O2. The molecule has 3 aliphatic rings. The molecule has 120 valence electrons. The third-order valence-corrected chi connectivity index (χ3v) is 5.48. The molecule has 4 unspecified atom stereocenters. The second-order valence-electron chi connectivity index (χ2n) is 6.64.